The highest BCUT2D eigenvalue weighted by atomic mass is 32.1. The topological polar surface area (TPSA) is 72.2 Å². The Labute approximate surface area is 202 Å². The minimum Gasteiger partial charge on any atom is -0.313 e. The molecule has 0 saturated heterocycles. The van der Waals surface area contributed by atoms with Crippen LogP contribution < -0.4 is 5.32 Å². The summed E-state index contributed by atoms with van der Waals surface area (Å²) in [6.07, 6.45) is 4.05. The van der Waals surface area contributed by atoms with Crippen LogP contribution >= 0.6 is 23.6 Å². The van der Waals surface area contributed by atoms with E-state index in [1.165, 1.54) is 23.0 Å². The highest BCUT2D eigenvalue weighted by molar-refractivity contribution is 7.80. The van der Waals surface area contributed by atoms with E-state index < -0.39 is 0 Å². The van der Waals surface area contributed by atoms with E-state index in [1.54, 1.807) is 10.6 Å². The number of nitrogens with one attached hydrogen (secondary N) is 1. The highest BCUT2D eigenvalue weighted by Crippen LogP contribution is 2.27. The SMILES string of the molecule is CCc1nnc2sc(-c3ccc(C)c(C(=S)NC(=O)C=Cc4ccc(C(C)C)cc4)c3)nn12. The third kappa shape index (κ3) is 5.07. The minimum absolute atomic E-state index is 0.260. The van der Waals surface area contributed by atoms with Crippen molar-refractivity contribution in [1.82, 2.24) is 25.1 Å². The lowest BCUT2D eigenvalue weighted by molar-refractivity contribution is -0.115. The summed E-state index contributed by atoms with van der Waals surface area (Å²) in [5.74, 6) is 1.04. The van der Waals surface area contributed by atoms with Gasteiger partial charge in [0.05, 0.1) is 0 Å². The Morgan fingerprint density at radius 2 is 1.94 bits per heavy atom. The second kappa shape index (κ2) is 9.72. The summed E-state index contributed by atoms with van der Waals surface area (Å²) in [5, 5.41) is 16.6. The molecule has 1 amide bonds. The van der Waals surface area contributed by atoms with Gasteiger partial charge < -0.3 is 5.32 Å². The molecule has 1 N–H and O–H groups in total. The molecule has 0 bridgehead atoms. The van der Waals surface area contributed by atoms with Crippen LogP contribution in [0.4, 0.5) is 0 Å². The maximum atomic E-state index is 12.5. The number of hydrogen-bond acceptors (Lipinski definition) is 6. The van der Waals surface area contributed by atoms with Crippen LogP contribution in [-0.4, -0.2) is 30.7 Å². The molecule has 0 unspecified atom stereocenters. The highest BCUT2D eigenvalue weighted by Gasteiger charge is 2.14. The van der Waals surface area contributed by atoms with Gasteiger partial charge in [0.2, 0.25) is 10.9 Å². The number of rotatable bonds is 6. The Morgan fingerprint density at radius 3 is 2.64 bits per heavy atom. The summed E-state index contributed by atoms with van der Waals surface area (Å²) < 4.78 is 1.78. The van der Waals surface area contributed by atoms with E-state index in [0.717, 1.165) is 44.5 Å². The van der Waals surface area contributed by atoms with E-state index in [4.69, 9.17) is 12.2 Å². The van der Waals surface area contributed by atoms with Crippen LogP contribution in [0.5, 0.6) is 0 Å². The number of aryl methyl sites for hydroxylation is 2. The third-order valence-electron chi connectivity index (χ3n) is 5.37. The Balaban J connectivity index is 1.49. The molecule has 168 valence electrons. The summed E-state index contributed by atoms with van der Waals surface area (Å²) >= 11 is 7.02. The maximum Gasteiger partial charge on any atom is 0.249 e. The van der Waals surface area contributed by atoms with Gasteiger partial charge in [-0.25, -0.2) is 0 Å². The molecule has 0 aliphatic carbocycles. The molecular weight excluding hydrogens is 450 g/mol. The zero-order chi connectivity index (χ0) is 23.5. The molecule has 33 heavy (non-hydrogen) atoms. The second-order valence-electron chi connectivity index (χ2n) is 8.07. The molecule has 0 spiro atoms. The second-order valence-corrected chi connectivity index (χ2v) is 9.44. The third-order valence-corrected chi connectivity index (χ3v) is 6.64. The molecule has 2 aromatic heterocycles. The first-order valence-electron chi connectivity index (χ1n) is 10.8. The van der Waals surface area contributed by atoms with Gasteiger partial charge in [0.15, 0.2) is 5.82 Å². The van der Waals surface area contributed by atoms with Crippen molar-refractivity contribution in [2.75, 3.05) is 0 Å². The Kier molecular flexibility index (Phi) is 6.76. The molecule has 6 nitrogen and oxygen atoms in total. The van der Waals surface area contributed by atoms with Crippen LogP contribution in [0.15, 0.2) is 48.5 Å². The van der Waals surface area contributed by atoms with E-state index in [2.05, 4.69) is 46.6 Å². The van der Waals surface area contributed by atoms with Crippen molar-refractivity contribution in [3.8, 4) is 10.6 Å². The number of carbonyl (C=O) groups is 1. The van der Waals surface area contributed by atoms with Crippen molar-refractivity contribution < 1.29 is 4.79 Å². The number of aromatic nitrogens is 4. The number of hydrogen-bond donors (Lipinski definition) is 1. The van der Waals surface area contributed by atoms with Gasteiger partial charge in [0, 0.05) is 23.6 Å². The molecule has 0 fully saturated rings. The van der Waals surface area contributed by atoms with Gasteiger partial charge >= 0.3 is 0 Å². The van der Waals surface area contributed by atoms with Crippen molar-refractivity contribution in [2.24, 2.45) is 0 Å². The first kappa shape index (κ1) is 22.9. The standard InChI is InChI=1S/C25H25N5OS2/c1-5-21-27-28-25-30(21)29-24(33-25)19-10-6-16(4)20(14-19)23(32)26-22(31)13-9-17-7-11-18(12-8-17)15(2)3/h6-15H,5H2,1-4H3,(H,26,31,32). The predicted molar refractivity (Wildman–Crippen MR) is 138 cm³/mol. The Hall–Kier alpha value is -3.23. The number of fused-ring (bicyclic) bond motifs is 1. The van der Waals surface area contributed by atoms with Crippen molar-refractivity contribution in [1.29, 1.82) is 0 Å². The van der Waals surface area contributed by atoms with E-state index in [9.17, 15) is 4.79 Å². The van der Waals surface area contributed by atoms with Crippen LogP contribution in [0, 0.1) is 6.92 Å². The van der Waals surface area contributed by atoms with Gasteiger partial charge in [-0.15, -0.1) is 10.2 Å². The molecule has 0 aliphatic rings. The fourth-order valence-electron chi connectivity index (χ4n) is 3.38. The fourth-order valence-corrected chi connectivity index (χ4v) is 4.55. The molecule has 4 aromatic rings. The summed E-state index contributed by atoms with van der Waals surface area (Å²) in [4.78, 5) is 13.6. The van der Waals surface area contributed by atoms with Gasteiger partial charge in [-0.2, -0.15) is 9.61 Å². The quantitative estimate of drug-likeness (QED) is 0.301. The van der Waals surface area contributed by atoms with Crippen LogP contribution in [0.1, 0.15) is 54.8 Å². The fraction of sp³-hybridized carbons (Fsp3) is 0.240. The van der Waals surface area contributed by atoms with Crippen molar-refractivity contribution >= 4 is 45.5 Å². The summed E-state index contributed by atoms with van der Waals surface area (Å²) in [7, 11) is 0. The predicted octanol–water partition coefficient (Wildman–Crippen LogP) is 5.35. The van der Waals surface area contributed by atoms with Crippen LogP contribution in [-0.2, 0) is 11.2 Å². The van der Waals surface area contributed by atoms with Gasteiger partial charge in [-0.05, 0) is 41.7 Å². The van der Waals surface area contributed by atoms with Crippen molar-refractivity contribution in [3.05, 3.63) is 76.6 Å². The average Bonchev–Trinajstić information content (AvgIpc) is 3.39. The first-order valence-corrected chi connectivity index (χ1v) is 12.0. The number of nitrogens with zero attached hydrogens (tertiary/aromatic N) is 4. The van der Waals surface area contributed by atoms with Crippen molar-refractivity contribution in [3.63, 3.8) is 0 Å². The first-order chi connectivity index (χ1) is 15.9. The minimum atomic E-state index is -0.260. The number of benzene rings is 2. The Bertz CT molecular complexity index is 1350. The average molecular weight is 476 g/mol. The monoisotopic (exact) mass is 475 g/mol. The zero-order valence-electron chi connectivity index (χ0n) is 19.0. The van der Waals surface area contributed by atoms with Crippen LogP contribution in [0.2, 0.25) is 0 Å². The lowest BCUT2D eigenvalue weighted by Gasteiger charge is -2.10. The van der Waals surface area contributed by atoms with E-state index in [0.29, 0.717) is 10.9 Å². The van der Waals surface area contributed by atoms with Gasteiger partial charge in [0.25, 0.3) is 0 Å². The molecule has 4 rings (SSSR count). The lowest BCUT2D eigenvalue weighted by Crippen LogP contribution is -2.28. The van der Waals surface area contributed by atoms with E-state index >= 15 is 0 Å². The zero-order valence-corrected chi connectivity index (χ0v) is 20.6. The Morgan fingerprint density at radius 1 is 1.18 bits per heavy atom. The number of amides is 1. The van der Waals surface area contributed by atoms with Gasteiger partial charge in [-0.3, -0.25) is 4.79 Å². The lowest BCUT2D eigenvalue weighted by atomic mass is 10.0. The number of carbonyl (C=O) groups excluding carboxylic acids is 1. The molecule has 8 heteroatoms. The molecule has 2 aromatic carbocycles. The number of thiocarbonyl (C=S) groups is 1. The van der Waals surface area contributed by atoms with Gasteiger partial charge in [-0.1, -0.05) is 80.7 Å². The molecule has 2 heterocycles. The smallest absolute Gasteiger partial charge is 0.249 e. The molecular formula is C25H25N5OS2. The molecule has 0 atom stereocenters. The summed E-state index contributed by atoms with van der Waals surface area (Å²) in [6.45, 7) is 8.30. The maximum absolute atomic E-state index is 12.5. The molecule has 0 saturated carbocycles. The normalized spacial score (nSPS) is 11.5. The van der Waals surface area contributed by atoms with Crippen LogP contribution in [0.25, 0.3) is 21.6 Å². The van der Waals surface area contributed by atoms with Crippen molar-refractivity contribution in [2.45, 2.75) is 40.0 Å². The van der Waals surface area contributed by atoms with Gasteiger partial charge in [0.1, 0.15) is 10.00 Å². The molecule has 0 radical (unpaired) electrons. The van der Waals surface area contributed by atoms with E-state index in [-0.39, 0.29) is 5.91 Å². The summed E-state index contributed by atoms with van der Waals surface area (Å²) in [6, 6.07) is 14.1. The van der Waals surface area contributed by atoms with Crippen LogP contribution in [0.3, 0.4) is 0 Å². The largest absolute Gasteiger partial charge is 0.313 e. The van der Waals surface area contributed by atoms with E-state index in [1.807, 2.05) is 44.2 Å². The summed E-state index contributed by atoms with van der Waals surface area (Å²) in [5.41, 5.74) is 4.93. The molecule has 0 aliphatic heterocycles.